The summed E-state index contributed by atoms with van der Waals surface area (Å²) in [7, 11) is 0. The smallest absolute Gasteiger partial charge is 0.122 e. The van der Waals surface area contributed by atoms with Crippen LogP contribution in [-0.4, -0.2) is 11.2 Å². The third-order valence-electron chi connectivity index (χ3n) is 2.50. The van der Waals surface area contributed by atoms with Gasteiger partial charge in [0.2, 0.25) is 0 Å². The van der Waals surface area contributed by atoms with Crippen LogP contribution in [0.4, 0.5) is 0 Å². The van der Waals surface area contributed by atoms with E-state index < -0.39 is 0 Å². The molecule has 1 aromatic carbocycles. The van der Waals surface area contributed by atoms with Crippen molar-refractivity contribution in [1.29, 1.82) is 5.26 Å². The van der Waals surface area contributed by atoms with Gasteiger partial charge in [-0.25, -0.2) is 4.98 Å². The first-order chi connectivity index (χ1) is 9.08. The van der Waals surface area contributed by atoms with E-state index in [0.29, 0.717) is 20.2 Å². The Morgan fingerprint density at radius 1 is 1.26 bits per heavy atom. The molecule has 0 aliphatic carbocycles. The van der Waals surface area contributed by atoms with E-state index in [1.54, 1.807) is 12.1 Å². The van der Waals surface area contributed by atoms with Crippen LogP contribution >= 0.6 is 55.2 Å². The Kier molecular flexibility index (Phi) is 4.91. The van der Waals surface area contributed by atoms with Crippen molar-refractivity contribution in [3.8, 4) is 17.2 Å². The van der Waals surface area contributed by atoms with Crippen molar-refractivity contribution < 1.29 is 0 Å². The third-order valence-corrected chi connectivity index (χ3v) is 5.31. The van der Waals surface area contributed by atoms with Gasteiger partial charge in [0.05, 0.1) is 10.0 Å². The fourth-order valence-corrected chi connectivity index (χ4v) is 3.32. The molecule has 0 atom stereocenters. The molecule has 0 bridgehead atoms. The second kappa shape index (κ2) is 6.27. The second-order valence-electron chi connectivity index (χ2n) is 3.59. The number of thioether (sulfide) groups is 1. The molecule has 96 valence electrons. The number of nitrogens with zero attached hydrogens (tertiary/aromatic N) is 2. The normalized spacial score (nSPS) is 10.3. The van der Waals surface area contributed by atoms with Crippen LogP contribution in [-0.2, 0) is 0 Å². The van der Waals surface area contributed by atoms with Gasteiger partial charge in [-0.3, -0.25) is 0 Å². The molecule has 2 aromatic rings. The van der Waals surface area contributed by atoms with E-state index in [1.807, 2.05) is 18.4 Å². The molecule has 19 heavy (non-hydrogen) atoms. The molecule has 1 heterocycles. The van der Waals surface area contributed by atoms with E-state index in [0.717, 1.165) is 15.6 Å². The molecule has 0 radical (unpaired) electrons. The fraction of sp³-hybridized carbons (Fsp3) is 0.0769. The third kappa shape index (κ3) is 2.97. The van der Waals surface area contributed by atoms with Crippen molar-refractivity contribution in [3.63, 3.8) is 0 Å². The van der Waals surface area contributed by atoms with Gasteiger partial charge in [-0.1, -0.05) is 23.7 Å². The van der Waals surface area contributed by atoms with E-state index in [9.17, 15) is 5.26 Å². The largest absolute Gasteiger partial charge is 0.232 e. The highest BCUT2D eigenvalue weighted by atomic mass is 79.9. The number of benzene rings is 1. The average molecular weight is 419 g/mol. The second-order valence-corrected chi connectivity index (χ2v) is 6.37. The monoisotopic (exact) mass is 416 g/mol. The summed E-state index contributed by atoms with van der Waals surface area (Å²) in [5.74, 6) is 0. The average Bonchev–Trinajstić information content (AvgIpc) is 2.42. The van der Waals surface area contributed by atoms with Crippen LogP contribution in [0.25, 0.3) is 11.1 Å². The lowest BCUT2D eigenvalue weighted by Crippen LogP contribution is -1.95. The topological polar surface area (TPSA) is 36.7 Å². The number of aromatic nitrogens is 1. The Labute approximate surface area is 137 Å². The van der Waals surface area contributed by atoms with E-state index in [1.165, 1.54) is 11.8 Å². The summed E-state index contributed by atoms with van der Waals surface area (Å²) < 4.78 is 1.45. The predicted molar refractivity (Wildman–Crippen MR) is 86.6 cm³/mol. The summed E-state index contributed by atoms with van der Waals surface area (Å²) in [6.07, 6.45) is 1.90. The van der Waals surface area contributed by atoms with Gasteiger partial charge in [-0.15, -0.1) is 11.8 Å². The molecule has 2 rings (SSSR count). The quantitative estimate of drug-likeness (QED) is 0.476. The number of hydrogen-bond donors (Lipinski definition) is 0. The summed E-state index contributed by atoms with van der Waals surface area (Å²) in [5.41, 5.74) is 2.31. The van der Waals surface area contributed by atoms with Gasteiger partial charge in [0.1, 0.15) is 15.7 Å². The summed E-state index contributed by atoms with van der Waals surface area (Å²) >= 11 is 14.2. The van der Waals surface area contributed by atoms with E-state index in [-0.39, 0.29) is 0 Å². The van der Waals surface area contributed by atoms with Gasteiger partial charge in [0.25, 0.3) is 0 Å². The van der Waals surface area contributed by atoms with Crippen LogP contribution in [0.2, 0.25) is 5.02 Å². The first kappa shape index (κ1) is 14.9. The van der Waals surface area contributed by atoms with E-state index >= 15 is 0 Å². The van der Waals surface area contributed by atoms with E-state index in [2.05, 4.69) is 42.9 Å². The Bertz CT molecular complexity index is 666. The Hall–Kier alpha value is -0.540. The minimum atomic E-state index is 0.560. The van der Waals surface area contributed by atoms with Crippen LogP contribution in [0.1, 0.15) is 5.56 Å². The molecule has 1 aromatic heterocycles. The van der Waals surface area contributed by atoms with Crippen molar-refractivity contribution in [2.45, 2.75) is 5.03 Å². The Morgan fingerprint density at radius 2 is 1.89 bits per heavy atom. The summed E-state index contributed by atoms with van der Waals surface area (Å²) in [4.78, 5) is 4.35. The van der Waals surface area contributed by atoms with Crippen LogP contribution < -0.4 is 0 Å². The SMILES string of the molecule is CSc1nc(Br)c(Br)c(-c2ccc(Cl)cc2)c1C#N. The van der Waals surface area contributed by atoms with Crippen molar-refractivity contribution in [2.75, 3.05) is 6.26 Å². The molecule has 0 unspecified atom stereocenters. The number of rotatable bonds is 2. The number of nitriles is 1. The standard InChI is InChI=1S/C13H7Br2ClN2S/c1-19-13-9(6-17)10(11(14)12(15)18-13)7-2-4-8(16)5-3-7/h2-5H,1H3. The Balaban J connectivity index is 2.78. The molecule has 2 nitrogen and oxygen atoms in total. The summed E-state index contributed by atoms with van der Waals surface area (Å²) in [5, 5.41) is 10.8. The van der Waals surface area contributed by atoms with Gasteiger partial charge < -0.3 is 0 Å². The van der Waals surface area contributed by atoms with Gasteiger partial charge >= 0.3 is 0 Å². The lowest BCUT2D eigenvalue weighted by Gasteiger charge is -2.11. The zero-order valence-electron chi connectivity index (χ0n) is 9.75. The van der Waals surface area contributed by atoms with Gasteiger partial charge in [-0.2, -0.15) is 5.26 Å². The van der Waals surface area contributed by atoms with Gasteiger partial charge in [-0.05, 0) is 55.8 Å². The molecule has 0 saturated carbocycles. The molecular formula is C13H7Br2ClN2S. The zero-order valence-corrected chi connectivity index (χ0v) is 14.5. The van der Waals surface area contributed by atoms with Crippen LogP contribution in [0, 0.1) is 11.3 Å². The van der Waals surface area contributed by atoms with Crippen LogP contribution in [0.5, 0.6) is 0 Å². The Morgan fingerprint density at radius 3 is 2.42 bits per heavy atom. The van der Waals surface area contributed by atoms with Crippen molar-refractivity contribution in [3.05, 3.63) is 43.9 Å². The lowest BCUT2D eigenvalue weighted by atomic mass is 10.0. The first-order valence-electron chi connectivity index (χ1n) is 5.17. The van der Waals surface area contributed by atoms with Crippen LogP contribution in [0.15, 0.2) is 38.4 Å². The molecule has 0 aliphatic rings. The molecule has 0 aliphatic heterocycles. The highest BCUT2D eigenvalue weighted by Crippen LogP contribution is 2.39. The van der Waals surface area contributed by atoms with E-state index in [4.69, 9.17) is 11.6 Å². The molecule has 0 spiro atoms. The molecular weight excluding hydrogens is 411 g/mol. The highest BCUT2D eigenvalue weighted by molar-refractivity contribution is 9.13. The minimum Gasteiger partial charge on any atom is -0.232 e. The minimum absolute atomic E-state index is 0.560. The maximum absolute atomic E-state index is 9.40. The van der Waals surface area contributed by atoms with Crippen molar-refractivity contribution >= 4 is 55.2 Å². The van der Waals surface area contributed by atoms with Gasteiger partial charge in [0, 0.05) is 10.6 Å². The predicted octanol–water partition coefficient (Wildman–Crippen LogP) is 5.52. The van der Waals surface area contributed by atoms with Crippen molar-refractivity contribution in [1.82, 2.24) is 4.98 Å². The maximum Gasteiger partial charge on any atom is 0.122 e. The first-order valence-corrected chi connectivity index (χ1v) is 8.36. The number of hydrogen-bond acceptors (Lipinski definition) is 3. The fourth-order valence-electron chi connectivity index (χ4n) is 1.65. The van der Waals surface area contributed by atoms with Crippen molar-refractivity contribution in [2.24, 2.45) is 0 Å². The van der Waals surface area contributed by atoms with Crippen LogP contribution in [0.3, 0.4) is 0 Å². The number of halogens is 3. The van der Waals surface area contributed by atoms with Gasteiger partial charge in [0.15, 0.2) is 0 Å². The maximum atomic E-state index is 9.40. The lowest BCUT2D eigenvalue weighted by molar-refractivity contribution is 1.08. The molecule has 0 fully saturated rings. The molecule has 0 saturated heterocycles. The number of pyridine rings is 1. The molecule has 0 amide bonds. The molecule has 0 N–H and O–H groups in total. The molecule has 6 heteroatoms. The highest BCUT2D eigenvalue weighted by Gasteiger charge is 2.18. The summed E-state index contributed by atoms with van der Waals surface area (Å²) in [6.45, 7) is 0. The summed E-state index contributed by atoms with van der Waals surface area (Å²) in [6, 6.07) is 9.61. The zero-order chi connectivity index (χ0) is 14.0.